The molecule has 0 fully saturated rings. The number of esters is 1. The molecule has 0 saturated heterocycles. The molecule has 0 aliphatic rings. The van der Waals surface area contributed by atoms with Crippen molar-refractivity contribution in [3.63, 3.8) is 0 Å². The number of hydrogen-bond donors (Lipinski definition) is 1. The molecule has 0 amide bonds. The van der Waals surface area contributed by atoms with E-state index in [0.29, 0.717) is 5.56 Å². The fourth-order valence-electron chi connectivity index (χ4n) is 2.25. The van der Waals surface area contributed by atoms with E-state index in [1.807, 2.05) is 0 Å². The number of nitrogens with zero attached hydrogens (tertiary/aromatic N) is 2. The van der Waals surface area contributed by atoms with E-state index >= 15 is 0 Å². The molecule has 1 N–H and O–H groups in total. The molecular formula is C15H18ClN3O4S. The zero-order valence-corrected chi connectivity index (χ0v) is 15.1. The van der Waals surface area contributed by atoms with Crippen molar-refractivity contribution < 1.29 is 17.9 Å². The maximum absolute atomic E-state index is 12.7. The fraction of sp³-hybridized carbons (Fsp3) is 0.333. The third-order valence-corrected chi connectivity index (χ3v) is 5.41. The molecule has 1 atom stereocenters. The van der Waals surface area contributed by atoms with Crippen molar-refractivity contribution in [2.75, 3.05) is 6.61 Å². The fourth-order valence-corrected chi connectivity index (χ4v) is 4.18. The summed E-state index contributed by atoms with van der Waals surface area (Å²) in [6.45, 7) is 3.31. The van der Waals surface area contributed by atoms with Gasteiger partial charge in [0.25, 0.3) is 0 Å². The highest BCUT2D eigenvalue weighted by molar-refractivity contribution is 7.89. The zero-order valence-electron chi connectivity index (χ0n) is 13.5. The summed E-state index contributed by atoms with van der Waals surface area (Å²) in [5, 5.41) is 3.96. The van der Waals surface area contributed by atoms with Gasteiger partial charge in [-0.15, -0.1) is 0 Å². The van der Waals surface area contributed by atoms with Gasteiger partial charge in [-0.05, 0) is 19.4 Å². The van der Waals surface area contributed by atoms with Crippen molar-refractivity contribution in [3.8, 4) is 0 Å². The highest BCUT2D eigenvalue weighted by atomic mass is 35.5. The van der Waals surface area contributed by atoms with Gasteiger partial charge in [0.2, 0.25) is 10.0 Å². The molecule has 2 aromatic rings. The van der Waals surface area contributed by atoms with Crippen LogP contribution in [0.4, 0.5) is 0 Å². The standard InChI is InChI=1S/C15H18ClN3O4S/c1-4-23-15(20)12(11-8-6-5-7-9-11)18-24(21,22)13-10(2)17-19(3)14(13)16/h5-9,12,18H,4H2,1-3H3/t12-/m1/s1. The van der Waals surface area contributed by atoms with E-state index in [9.17, 15) is 13.2 Å². The molecule has 24 heavy (non-hydrogen) atoms. The average molecular weight is 372 g/mol. The minimum atomic E-state index is -4.08. The van der Waals surface area contributed by atoms with E-state index in [-0.39, 0.29) is 22.3 Å². The number of rotatable bonds is 6. The average Bonchev–Trinajstić information content (AvgIpc) is 2.79. The molecule has 1 heterocycles. The molecule has 0 bridgehead atoms. The molecule has 9 heteroatoms. The molecule has 0 radical (unpaired) electrons. The molecule has 1 aromatic heterocycles. The van der Waals surface area contributed by atoms with E-state index < -0.39 is 22.0 Å². The Hall–Kier alpha value is -1.90. The topological polar surface area (TPSA) is 90.3 Å². The van der Waals surface area contributed by atoms with Gasteiger partial charge in [-0.1, -0.05) is 41.9 Å². The molecule has 0 saturated carbocycles. The normalized spacial score (nSPS) is 12.8. The number of halogens is 1. The first-order valence-electron chi connectivity index (χ1n) is 7.21. The number of aromatic nitrogens is 2. The molecule has 1 aromatic carbocycles. The Labute approximate surface area is 145 Å². The van der Waals surface area contributed by atoms with E-state index in [1.54, 1.807) is 37.3 Å². The van der Waals surface area contributed by atoms with Crippen LogP contribution in [0.1, 0.15) is 24.2 Å². The SMILES string of the molecule is CCOC(=O)[C@H](NS(=O)(=O)c1c(C)nn(C)c1Cl)c1ccccc1. The van der Waals surface area contributed by atoms with Crippen molar-refractivity contribution in [2.24, 2.45) is 7.05 Å². The number of hydrogen-bond acceptors (Lipinski definition) is 5. The maximum Gasteiger partial charge on any atom is 0.328 e. The maximum atomic E-state index is 12.7. The summed E-state index contributed by atoms with van der Waals surface area (Å²) in [5.41, 5.74) is 0.711. The van der Waals surface area contributed by atoms with Gasteiger partial charge in [0, 0.05) is 7.05 Å². The Bertz CT molecular complexity index is 834. The summed E-state index contributed by atoms with van der Waals surface area (Å²) in [7, 11) is -2.54. The van der Waals surface area contributed by atoms with E-state index in [0.717, 1.165) is 0 Å². The van der Waals surface area contributed by atoms with Crippen LogP contribution in [0, 0.1) is 6.92 Å². The van der Waals surface area contributed by atoms with Gasteiger partial charge in [-0.2, -0.15) is 9.82 Å². The van der Waals surface area contributed by atoms with Crippen LogP contribution < -0.4 is 4.72 Å². The lowest BCUT2D eigenvalue weighted by Gasteiger charge is -2.17. The monoisotopic (exact) mass is 371 g/mol. The molecular weight excluding hydrogens is 354 g/mol. The molecule has 0 spiro atoms. The number of nitrogens with one attached hydrogen (secondary N) is 1. The van der Waals surface area contributed by atoms with Gasteiger partial charge >= 0.3 is 5.97 Å². The lowest BCUT2D eigenvalue weighted by molar-refractivity contribution is -0.145. The summed E-state index contributed by atoms with van der Waals surface area (Å²) < 4.78 is 34.1. The summed E-state index contributed by atoms with van der Waals surface area (Å²) >= 11 is 6.03. The van der Waals surface area contributed by atoms with Gasteiger partial charge in [-0.3, -0.25) is 4.68 Å². The largest absolute Gasteiger partial charge is 0.465 e. The number of sulfonamides is 1. The summed E-state index contributed by atoms with van der Waals surface area (Å²) in [4.78, 5) is 12.1. The Kier molecular flexibility index (Phi) is 5.63. The van der Waals surface area contributed by atoms with Crippen molar-refractivity contribution in [1.82, 2.24) is 14.5 Å². The van der Waals surface area contributed by atoms with Crippen molar-refractivity contribution >= 4 is 27.6 Å². The molecule has 0 aliphatic carbocycles. The molecule has 130 valence electrons. The van der Waals surface area contributed by atoms with Crippen molar-refractivity contribution in [2.45, 2.75) is 24.8 Å². The zero-order chi connectivity index (χ0) is 17.9. The number of ether oxygens (including phenoxy) is 1. The Balaban J connectivity index is 2.43. The predicted octanol–water partition coefficient (Wildman–Crippen LogP) is 1.96. The number of aryl methyl sites for hydroxylation is 2. The van der Waals surface area contributed by atoms with Gasteiger partial charge in [-0.25, -0.2) is 13.2 Å². The smallest absolute Gasteiger partial charge is 0.328 e. The second-order valence-electron chi connectivity index (χ2n) is 5.05. The predicted molar refractivity (Wildman–Crippen MR) is 89.1 cm³/mol. The highest BCUT2D eigenvalue weighted by Crippen LogP contribution is 2.26. The Morgan fingerprint density at radius 1 is 1.38 bits per heavy atom. The van der Waals surface area contributed by atoms with Crippen LogP contribution in [-0.4, -0.2) is 30.8 Å². The van der Waals surface area contributed by atoms with Crippen LogP contribution >= 0.6 is 11.6 Å². The van der Waals surface area contributed by atoms with Crippen LogP contribution in [0.25, 0.3) is 0 Å². The van der Waals surface area contributed by atoms with Crippen molar-refractivity contribution in [1.29, 1.82) is 0 Å². The lowest BCUT2D eigenvalue weighted by Crippen LogP contribution is -2.35. The summed E-state index contributed by atoms with van der Waals surface area (Å²) in [6, 6.07) is 7.29. The van der Waals surface area contributed by atoms with Crippen LogP contribution in [0.5, 0.6) is 0 Å². The van der Waals surface area contributed by atoms with Gasteiger partial charge < -0.3 is 4.74 Å². The Morgan fingerprint density at radius 3 is 2.50 bits per heavy atom. The van der Waals surface area contributed by atoms with Gasteiger partial charge in [0.1, 0.15) is 16.1 Å². The molecule has 0 aliphatic heterocycles. The van der Waals surface area contributed by atoms with Crippen LogP contribution in [0.15, 0.2) is 35.2 Å². The number of carbonyl (C=O) groups excluding carboxylic acids is 1. The van der Waals surface area contributed by atoms with Crippen LogP contribution in [-0.2, 0) is 26.6 Å². The first-order chi connectivity index (χ1) is 11.3. The number of benzene rings is 1. The second-order valence-corrected chi connectivity index (χ2v) is 7.05. The lowest BCUT2D eigenvalue weighted by atomic mass is 10.1. The van der Waals surface area contributed by atoms with Crippen LogP contribution in [0.3, 0.4) is 0 Å². The van der Waals surface area contributed by atoms with Crippen LogP contribution in [0.2, 0.25) is 5.15 Å². The summed E-state index contributed by atoms with van der Waals surface area (Å²) in [5.74, 6) is -0.690. The van der Waals surface area contributed by atoms with E-state index in [1.165, 1.54) is 18.7 Å². The minimum Gasteiger partial charge on any atom is -0.465 e. The molecule has 0 unspecified atom stereocenters. The third-order valence-electron chi connectivity index (χ3n) is 3.30. The van der Waals surface area contributed by atoms with Gasteiger partial charge in [0.15, 0.2) is 0 Å². The van der Waals surface area contributed by atoms with Crippen molar-refractivity contribution in [3.05, 3.63) is 46.7 Å². The Morgan fingerprint density at radius 2 is 2.00 bits per heavy atom. The van der Waals surface area contributed by atoms with E-state index in [2.05, 4.69) is 9.82 Å². The van der Waals surface area contributed by atoms with E-state index in [4.69, 9.17) is 16.3 Å². The third kappa shape index (κ3) is 3.77. The first kappa shape index (κ1) is 18.4. The highest BCUT2D eigenvalue weighted by Gasteiger charge is 2.32. The first-order valence-corrected chi connectivity index (χ1v) is 9.07. The number of carbonyl (C=O) groups is 1. The van der Waals surface area contributed by atoms with Gasteiger partial charge in [0.05, 0.1) is 12.3 Å². The summed E-state index contributed by atoms with van der Waals surface area (Å²) in [6.07, 6.45) is 0. The second kappa shape index (κ2) is 7.33. The minimum absolute atomic E-state index is 0.0318. The molecule has 7 nitrogen and oxygen atoms in total. The molecule has 2 rings (SSSR count). The quantitative estimate of drug-likeness (QED) is 0.784.